The molecule has 1 aliphatic carbocycles. The molecule has 1 saturated carbocycles. The number of carbonyl (C=O) groups is 1. The zero-order chi connectivity index (χ0) is 12.3. The van der Waals surface area contributed by atoms with Crippen LogP contribution in [0, 0.1) is 11.3 Å². The van der Waals surface area contributed by atoms with Crippen LogP contribution >= 0.6 is 0 Å². The molecule has 0 saturated heterocycles. The highest BCUT2D eigenvalue weighted by Gasteiger charge is 2.58. The number of aliphatic carboxylic acids is 1. The van der Waals surface area contributed by atoms with Gasteiger partial charge in [0.05, 0.1) is 12.0 Å². The normalized spacial score (nSPS) is 26.5. The molecule has 0 amide bonds. The second kappa shape index (κ2) is 4.75. The van der Waals surface area contributed by atoms with E-state index in [-0.39, 0.29) is 12.5 Å². The fourth-order valence-electron chi connectivity index (χ4n) is 2.19. The van der Waals surface area contributed by atoms with Crippen LogP contribution in [0.3, 0.4) is 0 Å². The smallest absolute Gasteiger partial charge is 0.311 e. The van der Waals surface area contributed by atoms with Crippen LogP contribution in [0.4, 0.5) is 0 Å². The van der Waals surface area contributed by atoms with Gasteiger partial charge in [0.2, 0.25) is 0 Å². The average molecular weight is 235 g/mol. The molecule has 2 unspecified atom stereocenters. The number of carboxylic acids is 1. The highest BCUT2D eigenvalue weighted by atomic mass is 16.5. The van der Waals surface area contributed by atoms with Gasteiger partial charge in [-0.05, 0) is 30.9 Å². The first-order chi connectivity index (χ1) is 8.19. The van der Waals surface area contributed by atoms with Gasteiger partial charge in [-0.1, -0.05) is 18.2 Å². The highest BCUT2D eigenvalue weighted by Crippen LogP contribution is 2.53. The summed E-state index contributed by atoms with van der Waals surface area (Å²) in [7, 11) is 0. The van der Waals surface area contributed by atoms with Gasteiger partial charge in [0.15, 0.2) is 0 Å². The molecule has 2 atom stereocenters. The maximum atomic E-state index is 11.0. The molecule has 2 rings (SSSR count). The topological polar surface area (TPSA) is 72.6 Å². The molecule has 0 aromatic heterocycles. The third kappa shape index (κ3) is 2.42. The molecule has 1 fully saturated rings. The first-order valence-electron chi connectivity index (χ1n) is 5.80. The SMILES string of the molecule is NCC1(C(=O)O)CC1CCOc1ccccc1. The van der Waals surface area contributed by atoms with Crippen molar-refractivity contribution in [1.82, 2.24) is 0 Å². The van der Waals surface area contributed by atoms with Gasteiger partial charge in [-0.25, -0.2) is 0 Å². The van der Waals surface area contributed by atoms with Crippen molar-refractivity contribution >= 4 is 5.97 Å². The monoisotopic (exact) mass is 235 g/mol. The Morgan fingerprint density at radius 3 is 2.71 bits per heavy atom. The van der Waals surface area contributed by atoms with E-state index in [9.17, 15) is 4.79 Å². The third-order valence-electron chi connectivity index (χ3n) is 3.50. The summed E-state index contributed by atoms with van der Waals surface area (Å²) in [5.74, 6) is 0.209. The van der Waals surface area contributed by atoms with Crippen LogP contribution in [-0.2, 0) is 4.79 Å². The molecule has 0 aliphatic heterocycles. The predicted molar refractivity (Wildman–Crippen MR) is 63.8 cm³/mol. The van der Waals surface area contributed by atoms with E-state index in [0.717, 1.165) is 12.2 Å². The maximum absolute atomic E-state index is 11.0. The van der Waals surface area contributed by atoms with E-state index >= 15 is 0 Å². The van der Waals surface area contributed by atoms with Crippen LogP contribution in [0.15, 0.2) is 30.3 Å². The lowest BCUT2D eigenvalue weighted by atomic mass is 10.0. The van der Waals surface area contributed by atoms with E-state index in [2.05, 4.69) is 0 Å². The fraction of sp³-hybridized carbons (Fsp3) is 0.462. The van der Waals surface area contributed by atoms with Gasteiger partial charge in [-0.3, -0.25) is 4.79 Å². The first-order valence-corrected chi connectivity index (χ1v) is 5.80. The van der Waals surface area contributed by atoms with Crippen LogP contribution in [0.25, 0.3) is 0 Å². The number of benzene rings is 1. The van der Waals surface area contributed by atoms with Gasteiger partial charge < -0.3 is 15.6 Å². The van der Waals surface area contributed by atoms with Crippen LogP contribution in [0.2, 0.25) is 0 Å². The van der Waals surface area contributed by atoms with Crippen LogP contribution in [0.1, 0.15) is 12.8 Å². The van der Waals surface area contributed by atoms with Gasteiger partial charge in [0, 0.05) is 6.54 Å². The van der Waals surface area contributed by atoms with E-state index in [0.29, 0.717) is 13.0 Å². The van der Waals surface area contributed by atoms with Crippen molar-refractivity contribution in [3.8, 4) is 5.75 Å². The van der Waals surface area contributed by atoms with Gasteiger partial charge >= 0.3 is 5.97 Å². The molecule has 1 aromatic carbocycles. The Kier molecular flexibility index (Phi) is 3.33. The third-order valence-corrected chi connectivity index (χ3v) is 3.50. The van der Waals surface area contributed by atoms with Gasteiger partial charge in [0.25, 0.3) is 0 Å². The number of carboxylic acid groups (broad SMARTS) is 1. The van der Waals surface area contributed by atoms with Crippen molar-refractivity contribution in [2.75, 3.05) is 13.2 Å². The molecular weight excluding hydrogens is 218 g/mol. The molecule has 0 heterocycles. The lowest BCUT2D eigenvalue weighted by Gasteiger charge is -2.09. The summed E-state index contributed by atoms with van der Waals surface area (Å²) in [5, 5.41) is 9.07. The van der Waals surface area contributed by atoms with E-state index in [1.807, 2.05) is 30.3 Å². The zero-order valence-electron chi connectivity index (χ0n) is 9.63. The summed E-state index contributed by atoms with van der Waals surface area (Å²) in [4.78, 5) is 11.0. The minimum absolute atomic E-state index is 0.161. The molecule has 17 heavy (non-hydrogen) atoms. The molecule has 3 N–H and O–H groups in total. The van der Waals surface area contributed by atoms with Crippen LogP contribution in [-0.4, -0.2) is 24.2 Å². The average Bonchev–Trinajstić information content (AvgIpc) is 3.06. The standard InChI is InChI=1S/C13H17NO3/c14-9-13(12(15)16)8-10(13)6-7-17-11-4-2-1-3-5-11/h1-5,10H,6-9,14H2,(H,15,16). The molecule has 4 nitrogen and oxygen atoms in total. The molecule has 4 heteroatoms. The molecule has 0 radical (unpaired) electrons. The molecular formula is C13H17NO3. The second-order valence-electron chi connectivity index (χ2n) is 4.52. The largest absolute Gasteiger partial charge is 0.494 e. The number of rotatable bonds is 6. The quantitative estimate of drug-likeness (QED) is 0.783. The molecule has 92 valence electrons. The summed E-state index contributed by atoms with van der Waals surface area (Å²) in [6.45, 7) is 0.766. The Labute approximate surface area is 100 Å². The van der Waals surface area contributed by atoms with Crippen LogP contribution < -0.4 is 10.5 Å². The van der Waals surface area contributed by atoms with Crippen molar-refractivity contribution in [3.63, 3.8) is 0 Å². The first kappa shape index (κ1) is 11.9. The molecule has 1 aromatic rings. The van der Waals surface area contributed by atoms with Crippen molar-refractivity contribution < 1.29 is 14.6 Å². The Balaban J connectivity index is 1.76. The number of para-hydroxylation sites is 1. The number of nitrogens with two attached hydrogens (primary N) is 1. The van der Waals surface area contributed by atoms with Gasteiger partial charge in [0.1, 0.15) is 5.75 Å². The van der Waals surface area contributed by atoms with Crippen molar-refractivity contribution in [2.45, 2.75) is 12.8 Å². The van der Waals surface area contributed by atoms with E-state index in [1.54, 1.807) is 0 Å². The fourth-order valence-corrected chi connectivity index (χ4v) is 2.19. The summed E-state index contributed by atoms with van der Waals surface area (Å²) in [5.41, 5.74) is 4.84. The maximum Gasteiger partial charge on any atom is 0.311 e. The lowest BCUT2D eigenvalue weighted by Crippen LogP contribution is -2.27. The van der Waals surface area contributed by atoms with Crippen LogP contribution in [0.5, 0.6) is 5.75 Å². The lowest BCUT2D eigenvalue weighted by molar-refractivity contribution is -0.143. The zero-order valence-corrected chi connectivity index (χ0v) is 9.63. The molecule has 1 aliphatic rings. The number of ether oxygens (including phenoxy) is 1. The van der Waals surface area contributed by atoms with E-state index in [1.165, 1.54) is 0 Å². The highest BCUT2D eigenvalue weighted by molar-refractivity contribution is 5.78. The number of hydrogen-bond donors (Lipinski definition) is 2. The number of hydrogen-bond acceptors (Lipinski definition) is 3. The van der Waals surface area contributed by atoms with Crippen molar-refractivity contribution in [3.05, 3.63) is 30.3 Å². The summed E-state index contributed by atoms with van der Waals surface area (Å²) in [6.07, 6.45) is 1.43. The Bertz CT molecular complexity index is 393. The Morgan fingerprint density at radius 2 is 2.18 bits per heavy atom. The summed E-state index contributed by atoms with van der Waals surface area (Å²) < 4.78 is 5.54. The molecule has 0 bridgehead atoms. The van der Waals surface area contributed by atoms with Crippen molar-refractivity contribution in [1.29, 1.82) is 0 Å². The minimum Gasteiger partial charge on any atom is -0.494 e. The van der Waals surface area contributed by atoms with Gasteiger partial charge in [-0.2, -0.15) is 0 Å². The second-order valence-corrected chi connectivity index (χ2v) is 4.52. The van der Waals surface area contributed by atoms with E-state index in [4.69, 9.17) is 15.6 Å². The van der Waals surface area contributed by atoms with E-state index < -0.39 is 11.4 Å². The Morgan fingerprint density at radius 1 is 1.47 bits per heavy atom. The summed E-state index contributed by atoms with van der Waals surface area (Å²) >= 11 is 0. The molecule has 0 spiro atoms. The predicted octanol–water partition coefficient (Wildman–Crippen LogP) is 1.51. The Hall–Kier alpha value is -1.55. The van der Waals surface area contributed by atoms with Gasteiger partial charge in [-0.15, -0.1) is 0 Å². The minimum atomic E-state index is -0.773. The summed E-state index contributed by atoms with van der Waals surface area (Å²) in [6, 6.07) is 9.53. The van der Waals surface area contributed by atoms with Crippen molar-refractivity contribution in [2.24, 2.45) is 17.1 Å².